The summed E-state index contributed by atoms with van der Waals surface area (Å²) >= 11 is 0. The maximum atomic E-state index is 10.8. The summed E-state index contributed by atoms with van der Waals surface area (Å²) in [6, 6.07) is 1.62. The minimum atomic E-state index is -1.08. The van der Waals surface area contributed by atoms with Crippen molar-refractivity contribution in [2.75, 3.05) is 6.54 Å². The molecular weight excluding hydrogens is 234 g/mol. The second-order valence-corrected chi connectivity index (χ2v) is 5.28. The van der Waals surface area contributed by atoms with Gasteiger partial charge in [-0.1, -0.05) is 13.8 Å². The molecule has 1 heterocycles. The molecule has 1 rings (SSSR count). The molecule has 0 saturated carbocycles. The lowest BCUT2D eigenvalue weighted by molar-refractivity contribution is 0.0383. The van der Waals surface area contributed by atoms with Gasteiger partial charge in [0.05, 0.1) is 11.9 Å². The Morgan fingerprint density at radius 1 is 1.56 bits per heavy atom. The van der Waals surface area contributed by atoms with Crippen LogP contribution in [-0.4, -0.2) is 28.3 Å². The Morgan fingerprint density at radius 3 is 2.78 bits per heavy atom. The number of carboxylic acid groups (broad SMARTS) is 1. The largest absolute Gasteiger partial charge is 0.475 e. The smallest absolute Gasteiger partial charge is 0.372 e. The van der Waals surface area contributed by atoms with Crippen LogP contribution in [0.3, 0.4) is 0 Å². The Bertz CT molecular complexity index is 395. The first kappa shape index (κ1) is 14.7. The number of aromatic carboxylic acids is 1. The van der Waals surface area contributed by atoms with Gasteiger partial charge in [-0.2, -0.15) is 0 Å². The molecule has 1 aromatic heterocycles. The first-order valence-electron chi connectivity index (χ1n) is 6.04. The molecule has 0 fully saturated rings. The molecule has 0 spiro atoms. The summed E-state index contributed by atoms with van der Waals surface area (Å²) in [6.45, 7) is 6.65. The molecule has 1 aromatic rings. The Hall–Kier alpha value is -1.33. The molecular formula is C13H21NO4. The van der Waals surface area contributed by atoms with Gasteiger partial charge in [0, 0.05) is 18.7 Å². The lowest BCUT2D eigenvalue weighted by Crippen LogP contribution is -2.38. The SMILES string of the molecule is CC(C)CC(C)(O)CNCc1ccoc1C(=O)O. The molecule has 0 bridgehead atoms. The summed E-state index contributed by atoms with van der Waals surface area (Å²) in [6.07, 6.45) is 2.05. The third kappa shape index (κ3) is 4.50. The Labute approximate surface area is 107 Å². The Kier molecular flexibility index (Phi) is 4.93. The van der Waals surface area contributed by atoms with Crippen LogP contribution in [0, 0.1) is 5.92 Å². The van der Waals surface area contributed by atoms with Gasteiger partial charge in [-0.15, -0.1) is 0 Å². The van der Waals surface area contributed by atoms with Crippen molar-refractivity contribution in [3.8, 4) is 0 Å². The lowest BCUT2D eigenvalue weighted by atomic mass is 9.94. The van der Waals surface area contributed by atoms with Gasteiger partial charge >= 0.3 is 5.97 Å². The fourth-order valence-electron chi connectivity index (χ4n) is 2.08. The minimum absolute atomic E-state index is 0.0500. The van der Waals surface area contributed by atoms with E-state index in [1.165, 1.54) is 6.26 Å². The molecule has 1 unspecified atom stereocenters. The predicted molar refractivity (Wildman–Crippen MR) is 67.5 cm³/mol. The Balaban J connectivity index is 2.46. The van der Waals surface area contributed by atoms with Gasteiger partial charge < -0.3 is 19.9 Å². The normalized spacial score (nSPS) is 14.7. The van der Waals surface area contributed by atoms with E-state index in [0.29, 0.717) is 31.0 Å². The van der Waals surface area contributed by atoms with E-state index in [2.05, 4.69) is 5.32 Å². The van der Waals surface area contributed by atoms with Crippen molar-refractivity contribution >= 4 is 5.97 Å². The molecule has 5 nitrogen and oxygen atoms in total. The summed E-state index contributed by atoms with van der Waals surface area (Å²) < 4.78 is 4.87. The molecule has 0 aliphatic rings. The highest BCUT2D eigenvalue weighted by Crippen LogP contribution is 2.16. The first-order chi connectivity index (χ1) is 8.32. The summed E-state index contributed by atoms with van der Waals surface area (Å²) in [5.41, 5.74) is -0.204. The standard InChI is InChI=1S/C13H21NO4/c1-9(2)6-13(3,17)8-14-7-10-4-5-18-11(10)12(15)16/h4-5,9,14,17H,6-8H2,1-3H3,(H,15,16). The lowest BCUT2D eigenvalue weighted by Gasteiger charge is -2.25. The van der Waals surface area contributed by atoms with Crippen LogP contribution in [0.2, 0.25) is 0 Å². The summed E-state index contributed by atoms with van der Waals surface area (Å²) in [7, 11) is 0. The predicted octanol–water partition coefficient (Wildman–Crippen LogP) is 1.86. The van der Waals surface area contributed by atoms with Crippen LogP contribution >= 0.6 is 0 Å². The first-order valence-corrected chi connectivity index (χ1v) is 6.04. The van der Waals surface area contributed by atoms with Crippen LogP contribution in [0.1, 0.15) is 43.3 Å². The van der Waals surface area contributed by atoms with Crippen LogP contribution in [0.4, 0.5) is 0 Å². The number of rotatable bonds is 7. The number of carbonyl (C=O) groups is 1. The topological polar surface area (TPSA) is 82.7 Å². The number of hydrogen-bond acceptors (Lipinski definition) is 4. The molecule has 18 heavy (non-hydrogen) atoms. The van der Waals surface area contributed by atoms with E-state index in [4.69, 9.17) is 9.52 Å². The van der Waals surface area contributed by atoms with Crippen LogP contribution < -0.4 is 5.32 Å². The van der Waals surface area contributed by atoms with Crippen molar-refractivity contribution in [1.29, 1.82) is 0 Å². The maximum Gasteiger partial charge on any atom is 0.372 e. The molecule has 3 N–H and O–H groups in total. The highest BCUT2D eigenvalue weighted by Gasteiger charge is 2.22. The van der Waals surface area contributed by atoms with E-state index in [9.17, 15) is 9.90 Å². The van der Waals surface area contributed by atoms with Crippen molar-refractivity contribution in [3.05, 3.63) is 23.7 Å². The van der Waals surface area contributed by atoms with Gasteiger partial charge in [-0.05, 0) is 25.3 Å². The van der Waals surface area contributed by atoms with E-state index in [1.54, 1.807) is 13.0 Å². The molecule has 5 heteroatoms. The van der Waals surface area contributed by atoms with E-state index in [1.807, 2.05) is 13.8 Å². The van der Waals surface area contributed by atoms with Gasteiger partial charge in [-0.25, -0.2) is 4.79 Å². The van der Waals surface area contributed by atoms with Crippen molar-refractivity contribution in [1.82, 2.24) is 5.32 Å². The molecule has 0 aromatic carbocycles. The number of hydrogen-bond donors (Lipinski definition) is 3. The van der Waals surface area contributed by atoms with Crippen LogP contribution in [0.5, 0.6) is 0 Å². The molecule has 1 atom stereocenters. The average Bonchev–Trinajstić information content (AvgIpc) is 2.63. The zero-order valence-corrected chi connectivity index (χ0v) is 11.1. The average molecular weight is 255 g/mol. The molecule has 0 aliphatic heterocycles. The summed E-state index contributed by atoms with van der Waals surface area (Å²) in [5.74, 6) is -0.720. The van der Waals surface area contributed by atoms with E-state index in [0.717, 1.165) is 0 Å². The number of carboxylic acids is 1. The quantitative estimate of drug-likeness (QED) is 0.692. The van der Waals surface area contributed by atoms with Crippen molar-refractivity contribution in [2.45, 2.75) is 39.3 Å². The van der Waals surface area contributed by atoms with Crippen molar-refractivity contribution in [2.24, 2.45) is 5.92 Å². The van der Waals surface area contributed by atoms with Gasteiger partial charge in [0.1, 0.15) is 0 Å². The second-order valence-electron chi connectivity index (χ2n) is 5.28. The third-order valence-corrected chi connectivity index (χ3v) is 2.61. The van der Waals surface area contributed by atoms with Crippen molar-refractivity contribution < 1.29 is 19.4 Å². The number of aliphatic hydroxyl groups is 1. The zero-order chi connectivity index (χ0) is 13.8. The Morgan fingerprint density at radius 2 is 2.22 bits per heavy atom. The molecule has 0 aliphatic carbocycles. The minimum Gasteiger partial charge on any atom is -0.475 e. The zero-order valence-electron chi connectivity index (χ0n) is 11.1. The highest BCUT2D eigenvalue weighted by atomic mass is 16.4. The maximum absolute atomic E-state index is 10.8. The number of nitrogens with one attached hydrogen (secondary N) is 1. The monoisotopic (exact) mass is 255 g/mol. The van der Waals surface area contributed by atoms with Gasteiger partial charge in [0.15, 0.2) is 0 Å². The molecule has 0 amide bonds. The summed E-state index contributed by atoms with van der Waals surface area (Å²) in [5, 5.41) is 22.0. The fourth-order valence-corrected chi connectivity index (χ4v) is 2.08. The molecule has 0 saturated heterocycles. The highest BCUT2D eigenvalue weighted by molar-refractivity contribution is 5.86. The third-order valence-electron chi connectivity index (χ3n) is 2.61. The molecule has 102 valence electrons. The van der Waals surface area contributed by atoms with Gasteiger partial charge in [0.25, 0.3) is 0 Å². The van der Waals surface area contributed by atoms with Crippen LogP contribution in [0.25, 0.3) is 0 Å². The van der Waals surface area contributed by atoms with Crippen LogP contribution in [-0.2, 0) is 6.54 Å². The van der Waals surface area contributed by atoms with Crippen LogP contribution in [0.15, 0.2) is 16.7 Å². The molecule has 0 radical (unpaired) electrons. The van der Waals surface area contributed by atoms with Gasteiger partial charge in [-0.3, -0.25) is 0 Å². The summed E-state index contributed by atoms with van der Waals surface area (Å²) in [4.78, 5) is 10.8. The fraction of sp³-hybridized carbons (Fsp3) is 0.615. The second kappa shape index (κ2) is 6.02. The van der Waals surface area contributed by atoms with E-state index in [-0.39, 0.29) is 5.76 Å². The number of furan rings is 1. The van der Waals surface area contributed by atoms with Crippen molar-refractivity contribution in [3.63, 3.8) is 0 Å². The van der Waals surface area contributed by atoms with E-state index >= 15 is 0 Å². The van der Waals surface area contributed by atoms with Gasteiger partial charge in [0.2, 0.25) is 5.76 Å². The van der Waals surface area contributed by atoms with E-state index < -0.39 is 11.6 Å².